The third-order valence-electron chi connectivity index (χ3n) is 1.47. The zero-order valence-corrected chi connectivity index (χ0v) is 5.37. The number of nitrogens with zero attached hydrogens (tertiary/aromatic N) is 1. The van der Waals surface area contributed by atoms with Crippen molar-refractivity contribution >= 4 is 6.21 Å². The van der Waals surface area contributed by atoms with Crippen LogP contribution < -0.4 is 0 Å². The van der Waals surface area contributed by atoms with Crippen molar-refractivity contribution in [2.45, 2.75) is 6.61 Å². The van der Waals surface area contributed by atoms with Gasteiger partial charge in [-0.3, -0.25) is 0 Å². The van der Waals surface area contributed by atoms with Gasteiger partial charge in [0, 0.05) is 11.1 Å². The van der Waals surface area contributed by atoms with E-state index in [1.165, 1.54) is 0 Å². The standard InChI is InChI=1S/C8H6NO/c1-2-4-8-6-10-9-5-7(8)3-1/h1-4H,6H2. The molecule has 0 amide bonds. The molecule has 1 aromatic rings. The van der Waals surface area contributed by atoms with Gasteiger partial charge in [-0.05, 0) is 0 Å². The molecule has 0 atom stereocenters. The van der Waals surface area contributed by atoms with E-state index in [-0.39, 0.29) is 0 Å². The summed E-state index contributed by atoms with van der Waals surface area (Å²) in [6.45, 7) is 0.573. The topological polar surface area (TPSA) is 21.6 Å². The van der Waals surface area contributed by atoms with E-state index in [2.05, 4.69) is 11.4 Å². The second-order valence-electron chi connectivity index (χ2n) is 2.13. The molecule has 0 bridgehead atoms. The molecule has 0 spiro atoms. The van der Waals surface area contributed by atoms with Gasteiger partial charge in [0.2, 0.25) is 0 Å². The summed E-state index contributed by atoms with van der Waals surface area (Å²) in [5.74, 6) is 0. The van der Waals surface area contributed by atoms with Crippen molar-refractivity contribution in [2.24, 2.45) is 5.16 Å². The van der Waals surface area contributed by atoms with Crippen molar-refractivity contribution in [1.82, 2.24) is 0 Å². The van der Waals surface area contributed by atoms with Gasteiger partial charge in [0.25, 0.3) is 0 Å². The van der Waals surface area contributed by atoms with Crippen LogP contribution in [0, 0.1) is 0 Å². The number of hydrogen-bond acceptors (Lipinski definition) is 2. The second kappa shape index (κ2) is 2.14. The van der Waals surface area contributed by atoms with Crippen LogP contribution in [0.25, 0.3) is 0 Å². The number of fused-ring (bicyclic) bond motifs is 1. The zero-order chi connectivity index (χ0) is 6.81. The highest BCUT2D eigenvalue weighted by Gasteiger charge is 2.03. The molecule has 1 aromatic carbocycles. The van der Waals surface area contributed by atoms with E-state index < -0.39 is 0 Å². The highest BCUT2D eigenvalue weighted by molar-refractivity contribution is 5.81. The summed E-state index contributed by atoms with van der Waals surface area (Å²) in [7, 11) is 0. The molecule has 49 valence electrons. The van der Waals surface area contributed by atoms with Gasteiger partial charge < -0.3 is 4.84 Å². The highest BCUT2D eigenvalue weighted by atomic mass is 16.6. The summed E-state index contributed by atoms with van der Waals surface area (Å²) in [4.78, 5) is 4.81. The van der Waals surface area contributed by atoms with Gasteiger partial charge in [0.1, 0.15) is 12.8 Å². The van der Waals surface area contributed by atoms with Crippen LogP contribution in [0.3, 0.4) is 0 Å². The molecule has 2 nitrogen and oxygen atoms in total. The maximum Gasteiger partial charge on any atom is 0.143 e. The molecule has 2 rings (SSSR count). The van der Waals surface area contributed by atoms with Crippen LogP contribution in [-0.4, -0.2) is 6.21 Å². The van der Waals surface area contributed by atoms with Crippen molar-refractivity contribution in [3.05, 3.63) is 35.4 Å². The van der Waals surface area contributed by atoms with Crippen molar-refractivity contribution in [3.8, 4) is 0 Å². The minimum Gasteiger partial charge on any atom is -0.390 e. The third-order valence-corrected chi connectivity index (χ3v) is 1.47. The molecule has 0 unspecified atom stereocenters. The van der Waals surface area contributed by atoms with E-state index in [9.17, 15) is 0 Å². The lowest BCUT2D eigenvalue weighted by Crippen LogP contribution is -1.99. The van der Waals surface area contributed by atoms with Crippen LogP contribution >= 0.6 is 0 Å². The van der Waals surface area contributed by atoms with Crippen LogP contribution in [0.5, 0.6) is 0 Å². The molecule has 0 aromatic heterocycles. The lowest BCUT2D eigenvalue weighted by Gasteiger charge is -2.06. The molecule has 1 aliphatic heterocycles. The van der Waals surface area contributed by atoms with E-state index in [0.29, 0.717) is 6.61 Å². The Labute approximate surface area is 59.1 Å². The van der Waals surface area contributed by atoms with Gasteiger partial charge in [-0.1, -0.05) is 29.4 Å². The normalized spacial score (nSPS) is 14.0. The van der Waals surface area contributed by atoms with Gasteiger partial charge in [-0.25, -0.2) is 0 Å². The molecule has 0 aliphatic carbocycles. The van der Waals surface area contributed by atoms with E-state index in [0.717, 1.165) is 11.1 Å². The fourth-order valence-corrected chi connectivity index (χ4v) is 0.939. The summed E-state index contributed by atoms with van der Waals surface area (Å²) in [6.07, 6.45) is 2.77. The smallest absolute Gasteiger partial charge is 0.143 e. The Morgan fingerprint density at radius 3 is 3.20 bits per heavy atom. The van der Waals surface area contributed by atoms with Crippen LogP contribution in [0.15, 0.2) is 29.4 Å². The summed E-state index contributed by atoms with van der Waals surface area (Å²) < 4.78 is 0. The van der Waals surface area contributed by atoms with Gasteiger partial charge in [-0.2, -0.15) is 0 Å². The molecule has 2 heteroatoms. The molecule has 1 radical (unpaired) electrons. The molecule has 0 saturated carbocycles. The van der Waals surface area contributed by atoms with Gasteiger partial charge >= 0.3 is 0 Å². The van der Waals surface area contributed by atoms with Crippen molar-refractivity contribution in [2.75, 3.05) is 0 Å². The fourth-order valence-electron chi connectivity index (χ4n) is 0.939. The summed E-state index contributed by atoms with van der Waals surface area (Å²) in [5.41, 5.74) is 2.19. The van der Waals surface area contributed by atoms with Crippen LogP contribution in [0.2, 0.25) is 0 Å². The van der Waals surface area contributed by atoms with E-state index in [4.69, 9.17) is 4.84 Å². The third kappa shape index (κ3) is 0.778. The average Bonchev–Trinajstić information content (AvgIpc) is 2.05. The van der Waals surface area contributed by atoms with Crippen LogP contribution in [0.1, 0.15) is 11.1 Å². The average molecular weight is 132 g/mol. The highest BCUT2D eigenvalue weighted by Crippen LogP contribution is 2.11. The molecule has 0 saturated heterocycles. The van der Waals surface area contributed by atoms with E-state index >= 15 is 0 Å². The largest absolute Gasteiger partial charge is 0.390 e. The van der Waals surface area contributed by atoms with E-state index in [1.54, 1.807) is 0 Å². The Kier molecular flexibility index (Phi) is 1.17. The van der Waals surface area contributed by atoms with Crippen LogP contribution in [-0.2, 0) is 11.4 Å². The molecule has 0 fully saturated rings. The van der Waals surface area contributed by atoms with Crippen molar-refractivity contribution in [3.63, 3.8) is 0 Å². The van der Waals surface area contributed by atoms with Crippen LogP contribution in [0.4, 0.5) is 0 Å². The van der Waals surface area contributed by atoms with Gasteiger partial charge in [0.15, 0.2) is 0 Å². The maximum absolute atomic E-state index is 4.81. The Bertz CT molecular complexity index is 268. The molecule has 1 aliphatic rings. The number of hydrogen-bond donors (Lipinski definition) is 0. The first-order chi connectivity index (χ1) is 4.97. The lowest BCUT2D eigenvalue weighted by molar-refractivity contribution is 0.128. The van der Waals surface area contributed by atoms with E-state index in [1.807, 2.05) is 24.3 Å². The Hall–Kier alpha value is -1.31. The molecular formula is C8H6NO. The predicted molar refractivity (Wildman–Crippen MR) is 37.8 cm³/mol. The summed E-state index contributed by atoms with van der Waals surface area (Å²) >= 11 is 0. The number of rotatable bonds is 0. The zero-order valence-electron chi connectivity index (χ0n) is 5.37. The Balaban J connectivity index is 2.54. The predicted octanol–water partition coefficient (Wildman–Crippen LogP) is 1.43. The maximum atomic E-state index is 4.81. The Morgan fingerprint density at radius 2 is 2.30 bits per heavy atom. The molecule has 10 heavy (non-hydrogen) atoms. The molecule has 0 N–H and O–H groups in total. The first kappa shape index (κ1) is 5.47. The van der Waals surface area contributed by atoms with Gasteiger partial charge in [0.05, 0.1) is 0 Å². The van der Waals surface area contributed by atoms with Crippen molar-refractivity contribution in [1.29, 1.82) is 0 Å². The van der Waals surface area contributed by atoms with Crippen molar-refractivity contribution < 1.29 is 4.84 Å². The molecule has 1 heterocycles. The Morgan fingerprint density at radius 1 is 1.40 bits per heavy atom. The molecular weight excluding hydrogens is 126 g/mol. The summed E-state index contributed by atoms with van der Waals surface area (Å²) in [5, 5.41) is 3.57. The SMILES string of the molecule is [C]1=NOCc2ccccc21. The minimum absolute atomic E-state index is 0.573. The first-order valence-corrected chi connectivity index (χ1v) is 3.13. The lowest BCUT2D eigenvalue weighted by atomic mass is 10.1. The fraction of sp³-hybridized carbons (Fsp3) is 0.125. The summed E-state index contributed by atoms with van der Waals surface area (Å²) in [6, 6.07) is 7.93. The second-order valence-corrected chi connectivity index (χ2v) is 2.13. The van der Waals surface area contributed by atoms with Gasteiger partial charge in [-0.15, -0.1) is 0 Å². The minimum atomic E-state index is 0.573. The first-order valence-electron chi connectivity index (χ1n) is 3.13. The number of benzene rings is 1. The monoisotopic (exact) mass is 132 g/mol. The quantitative estimate of drug-likeness (QED) is 0.523.